The molecule has 2 atom stereocenters. The van der Waals surface area contributed by atoms with E-state index in [0.717, 1.165) is 17.4 Å². The summed E-state index contributed by atoms with van der Waals surface area (Å²) in [5.74, 6) is 1.10. The van der Waals surface area contributed by atoms with E-state index in [-0.39, 0.29) is 6.61 Å². The van der Waals surface area contributed by atoms with Gasteiger partial charge in [-0.25, -0.2) is 4.98 Å². The van der Waals surface area contributed by atoms with Crippen molar-refractivity contribution in [2.24, 2.45) is 5.92 Å². The molecular weight excluding hydrogens is 198 g/mol. The van der Waals surface area contributed by atoms with Gasteiger partial charge in [-0.05, 0) is 13.3 Å². The van der Waals surface area contributed by atoms with Crippen LogP contribution in [0, 0.1) is 12.8 Å². The van der Waals surface area contributed by atoms with Crippen molar-refractivity contribution in [2.75, 3.05) is 11.9 Å². The monoisotopic (exact) mass is 211 g/mol. The van der Waals surface area contributed by atoms with E-state index in [2.05, 4.69) is 20.8 Å². The lowest BCUT2D eigenvalue weighted by molar-refractivity contribution is 0.250. The van der Waals surface area contributed by atoms with Crippen LogP contribution < -0.4 is 5.32 Å². The number of aliphatic hydroxyl groups excluding tert-OH is 1. The van der Waals surface area contributed by atoms with E-state index < -0.39 is 0 Å². The van der Waals surface area contributed by atoms with Crippen molar-refractivity contribution >= 4 is 16.7 Å². The fourth-order valence-corrected chi connectivity index (χ4v) is 2.17. The second-order valence-electron chi connectivity index (χ2n) is 3.46. The Hall–Kier alpha value is -0.940. The molecule has 0 fully saturated rings. The summed E-state index contributed by atoms with van der Waals surface area (Å²) < 4.78 is 4.09. The van der Waals surface area contributed by atoms with Gasteiger partial charge in [0, 0.05) is 30.1 Å². The molecule has 0 aliphatic heterocycles. The van der Waals surface area contributed by atoms with Gasteiger partial charge in [-0.1, -0.05) is 12.2 Å². The number of aryl methyl sites for hydroxylation is 1. The molecule has 1 aromatic rings. The maximum atomic E-state index is 8.95. The molecule has 1 aromatic heterocycles. The first-order chi connectivity index (χ1) is 6.78. The molecule has 1 aliphatic rings. The average Bonchev–Trinajstić information content (AvgIpc) is 2.76. The van der Waals surface area contributed by atoms with E-state index in [1.165, 1.54) is 11.5 Å². The van der Waals surface area contributed by atoms with Crippen LogP contribution in [0.3, 0.4) is 0 Å². The maximum absolute atomic E-state index is 8.95. The summed E-state index contributed by atoms with van der Waals surface area (Å²) >= 11 is 1.38. The van der Waals surface area contributed by atoms with Gasteiger partial charge in [0.2, 0.25) is 5.13 Å². The summed E-state index contributed by atoms with van der Waals surface area (Å²) in [5.41, 5.74) is 0. The molecule has 0 amide bonds. The molecule has 0 aromatic carbocycles. The fourth-order valence-electron chi connectivity index (χ4n) is 1.53. The molecule has 14 heavy (non-hydrogen) atoms. The molecule has 2 N–H and O–H groups in total. The van der Waals surface area contributed by atoms with Gasteiger partial charge in [0.15, 0.2) is 0 Å². The maximum Gasteiger partial charge on any atom is 0.203 e. The lowest BCUT2D eigenvalue weighted by atomic mass is 10.1. The van der Waals surface area contributed by atoms with Crippen LogP contribution in [-0.2, 0) is 0 Å². The topological polar surface area (TPSA) is 58.0 Å². The van der Waals surface area contributed by atoms with Crippen LogP contribution in [-0.4, -0.2) is 27.1 Å². The number of rotatable bonds is 3. The normalized spacial score (nSPS) is 25.6. The Labute approximate surface area is 86.9 Å². The predicted molar refractivity (Wildman–Crippen MR) is 56.4 cm³/mol. The van der Waals surface area contributed by atoms with Crippen LogP contribution in [0.1, 0.15) is 12.2 Å². The van der Waals surface area contributed by atoms with Gasteiger partial charge in [0.25, 0.3) is 0 Å². The standard InChI is InChI=1S/C9H13N3OS/c1-6-10-9(14-12-6)11-8-3-2-7(4-8)5-13/h2-3,7-8,13H,4-5H2,1H3,(H,10,11,12)/t7-,8+/m0/s1. The molecule has 0 saturated carbocycles. The number of nitrogens with one attached hydrogen (secondary N) is 1. The minimum absolute atomic E-state index is 0.226. The minimum Gasteiger partial charge on any atom is -0.396 e. The van der Waals surface area contributed by atoms with Crippen LogP contribution in [0.15, 0.2) is 12.2 Å². The summed E-state index contributed by atoms with van der Waals surface area (Å²) in [5, 5.41) is 13.1. The van der Waals surface area contributed by atoms with Crippen LogP contribution in [0.25, 0.3) is 0 Å². The fraction of sp³-hybridized carbons (Fsp3) is 0.556. The van der Waals surface area contributed by atoms with E-state index in [0.29, 0.717) is 12.0 Å². The van der Waals surface area contributed by atoms with Crippen molar-refractivity contribution in [2.45, 2.75) is 19.4 Å². The van der Waals surface area contributed by atoms with Crippen molar-refractivity contribution in [3.63, 3.8) is 0 Å². The Balaban J connectivity index is 1.91. The number of anilines is 1. The highest BCUT2D eigenvalue weighted by atomic mass is 32.1. The van der Waals surface area contributed by atoms with Crippen LogP contribution in [0.2, 0.25) is 0 Å². The highest BCUT2D eigenvalue weighted by molar-refractivity contribution is 7.09. The Morgan fingerprint density at radius 2 is 2.50 bits per heavy atom. The SMILES string of the molecule is Cc1nsc(N[C@@H]2C=C[C@H](CO)C2)n1. The zero-order valence-corrected chi connectivity index (χ0v) is 8.79. The van der Waals surface area contributed by atoms with Crippen LogP contribution in [0.5, 0.6) is 0 Å². The molecule has 1 heterocycles. The lowest BCUT2D eigenvalue weighted by Gasteiger charge is -2.10. The highest BCUT2D eigenvalue weighted by Gasteiger charge is 2.18. The van der Waals surface area contributed by atoms with E-state index >= 15 is 0 Å². The molecule has 0 bridgehead atoms. The molecule has 1 aliphatic carbocycles. The van der Waals surface area contributed by atoms with Gasteiger partial charge < -0.3 is 10.4 Å². The van der Waals surface area contributed by atoms with Gasteiger partial charge in [-0.15, -0.1) is 0 Å². The first-order valence-corrected chi connectivity index (χ1v) is 5.41. The number of hydrogen-bond acceptors (Lipinski definition) is 5. The van der Waals surface area contributed by atoms with Crippen LogP contribution in [0.4, 0.5) is 5.13 Å². The van der Waals surface area contributed by atoms with Crippen LogP contribution >= 0.6 is 11.5 Å². The number of hydrogen-bond donors (Lipinski definition) is 2. The van der Waals surface area contributed by atoms with Crippen molar-refractivity contribution in [3.8, 4) is 0 Å². The van der Waals surface area contributed by atoms with E-state index in [1.54, 1.807) is 0 Å². The summed E-state index contributed by atoms with van der Waals surface area (Å²) in [7, 11) is 0. The number of aliphatic hydroxyl groups is 1. The average molecular weight is 211 g/mol. The molecular formula is C9H13N3OS. The van der Waals surface area contributed by atoms with Crippen molar-refractivity contribution in [3.05, 3.63) is 18.0 Å². The molecule has 0 unspecified atom stereocenters. The second kappa shape index (κ2) is 4.06. The molecule has 0 spiro atoms. The van der Waals surface area contributed by atoms with E-state index in [4.69, 9.17) is 5.11 Å². The Kier molecular flexibility index (Phi) is 2.79. The predicted octanol–water partition coefficient (Wildman–Crippen LogP) is 1.20. The van der Waals surface area contributed by atoms with Gasteiger partial charge >= 0.3 is 0 Å². The molecule has 76 valence electrons. The zero-order chi connectivity index (χ0) is 9.97. The third kappa shape index (κ3) is 2.10. The Bertz CT molecular complexity index is 337. The molecule has 2 rings (SSSR count). The third-order valence-corrected chi connectivity index (χ3v) is 2.98. The number of nitrogens with zero attached hydrogens (tertiary/aromatic N) is 2. The van der Waals surface area contributed by atoms with Crippen molar-refractivity contribution in [1.82, 2.24) is 9.36 Å². The Morgan fingerprint density at radius 1 is 1.64 bits per heavy atom. The third-order valence-electron chi connectivity index (χ3n) is 2.24. The Morgan fingerprint density at radius 3 is 3.07 bits per heavy atom. The summed E-state index contributed by atoms with van der Waals surface area (Å²) in [6.45, 7) is 2.10. The van der Waals surface area contributed by atoms with Crippen molar-refractivity contribution < 1.29 is 5.11 Å². The first kappa shape index (κ1) is 9.61. The quantitative estimate of drug-likeness (QED) is 0.737. The number of aromatic nitrogens is 2. The molecule has 0 saturated heterocycles. The first-order valence-electron chi connectivity index (χ1n) is 4.64. The molecule has 0 radical (unpaired) electrons. The smallest absolute Gasteiger partial charge is 0.203 e. The zero-order valence-electron chi connectivity index (χ0n) is 7.97. The van der Waals surface area contributed by atoms with Gasteiger partial charge in [0.05, 0.1) is 0 Å². The van der Waals surface area contributed by atoms with E-state index in [1.807, 2.05) is 13.0 Å². The summed E-state index contributed by atoms with van der Waals surface area (Å²) in [6.07, 6.45) is 5.07. The van der Waals surface area contributed by atoms with E-state index in [9.17, 15) is 0 Å². The largest absolute Gasteiger partial charge is 0.396 e. The molecule has 4 nitrogen and oxygen atoms in total. The highest BCUT2D eigenvalue weighted by Crippen LogP contribution is 2.21. The van der Waals surface area contributed by atoms with Gasteiger partial charge in [-0.3, -0.25) is 0 Å². The minimum atomic E-state index is 0.226. The molecule has 5 heteroatoms. The summed E-state index contributed by atoms with van der Waals surface area (Å²) in [6, 6.07) is 0.291. The second-order valence-corrected chi connectivity index (χ2v) is 4.21. The van der Waals surface area contributed by atoms with Gasteiger partial charge in [0.1, 0.15) is 5.82 Å². The summed E-state index contributed by atoms with van der Waals surface area (Å²) in [4.78, 5) is 4.22. The van der Waals surface area contributed by atoms with Crippen molar-refractivity contribution in [1.29, 1.82) is 0 Å². The lowest BCUT2D eigenvalue weighted by Crippen LogP contribution is -2.16. The van der Waals surface area contributed by atoms with Gasteiger partial charge in [-0.2, -0.15) is 4.37 Å².